The predicted molar refractivity (Wildman–Crippen MR) is 61.9 cm³/mol. The molecule has 2 rings (SSSR count). The number of rotatable bonds is 2. The van der Waals surface area contributed by atoms with Crippen LogP contribution in [0, 0.1) is 11.3 Å². The Morgan fingerprint density at radius 1 is 1.37 bits per heavy atom. The molecule has 0 radical (unpaired) electrons. The molecule has 0 aliphatic heterocycles. The largest absolute Gasteiger partial charge is 0.417 e. The lowest BCUT2D eigenvalue weighted by Crippen LogP contribution is -2.10. The van der Waals surface area contributed by atoms with Crippen LogP contribution in [0.3, 0.4) is 0 Å². The Balaban J connectivity index is 2.36. The quantitative estimate of drug-likeness (QED) is 0.907. The van der Waals surface area contributed by atoms with Crippen molar-refractivity contribution in [1.29, 1.82) is 5.26 Å². The SMILES string of the molecule is N#Cc1ccc(Cn2cc(N)cn2)cc1C(F)(F)F. The number of anilines is 1. The molecule has 19 heavy (non-hydrogen) atoms. The van der Waals surface area contributed by atoms with E-state index < -0.39 is 17.3 Å². The number of aromatic nitrogens is 2. The van der Waals surface area contributed by atoms with Gasteiger partial charge in [0.05, 0.1) is 35.6 Å². The minimum atomic E-state index is -4.55. The molecule has 0 unspecified atom stereocenters. The summed E-state index contributed by atoms with van der Waals surface area (Å²) in [6.07, 6.45) is -1.62. The second-order valence-electron chi connectivity index (χ2n) is 3.96. The lowest BCUT2D eigenvalue weighted by atomic mass is 10.0. The van der Waals surface area contributed by atoms with Gasteiger partial charge < -0.3 is 5.73 Å². The van der Waals surface area contributed by atoms with Crippen LogP contribution < -0.4 is 5.73 Å². The lowest BCUT2D eigenvalue weighted by molar-refractivity contribution is -0.137. The zero-order valence-electron chi connectivity index (χ0n) is 9.65. The van der Waals surface area contributed by atoms with Gasteiger partial charge in [0.1, 0.15) is 0 Å². The van der Waals surface area contributed by atoms with E-state index in [4.69, 9.17) is 11.0 Å². The number of alkyl halides is 3. The highest BCUT2D eigenvalue weighted by Crippen LogP contribution is 2.32. The lowest BCUT2D eigenvalue weighted by Gasteiger charge is -2.10. The number of hydrogen-bond donors (Lipinski definition) is 1. The van der Waals surface area contributed by atoms with Gasteiger partial charge in [0.15, 0.2) is 0 Å². The molecule has 0 aliphatic carbocycles. The highest BCUT2D eigenvalue weighted by Gasteiger charge is 2.33. The Kier molecular flexibility index (Phi) is 3.17. The molecule has 0 saturated carbocycles. The molecule has 0 aliphatic rings. The molecule has 2 aromatic rings. The standard InChI is InChI=1S/C12H9F3N4/c13-12(14,15)11-3-8(1-2-9(11)4-16)6-19-7-10(17)5-18-19/h1-3,5,7H,6,17H2. The summed E-state index contributed by atoms with van der Waals surface area (Å²) in [5.74, 6) is 0. The molecule has 0 fully saturated rings. The summed E-state index contributed by atoms with van der Waals surface area (Å²) in [6, 6.07) is 5.11. The van der Waals surface area contributed by atoms with Gasteiger partial charge in [0, 0.05) is 6.20 Å². The monoisotopic (exact) mass is 266 g/mol. The molecular formula is C12H9F3N4. The topological polar surface area (TPSA) is 67.6 Å². The molecule has 4 nitrogen and oxygen atoms in total. The van der Waals surface area contributed by atoms with E-state index >= 15 is 0 Å². The van der Waals surface area contributed by atoms with Gasteiger partial charge in [0.2, 0.25) is 0 Å². The van der Waals surface area contributed by atoms with Gasteiger partial charge in [-0.3, -0.25) is 4.68 Å². The number of benzene rings is 1. The van der Waals surface area contributed by atoms with Crippen molar-refractivity contribution in [2.75, 3.05) is 5.73 Å². The van der Waals surface area contributed by atoms with Crippen LogP contribution in [0.25, 0.3) is 0 Å². The van der Waals surface area contributed by atoms with Crippen molar-refractivity contribution in [3.63, 3.8) is 0 Å². The van der Waals surface area contributed by atoms with Gasteiger partial charge in [-0.2, -0.15) is 23.5 Å². The number of nitrogens with zero attached hydrogens (tertiary/aromatic N) is 3. The van der Waals surface area contributed by atoms with Crippen LogP contribution in [0.1, 0.15) is 16.7 Å². The number of nitrogens with two attached hydrogens (primary N) is 1. The highest BCUT2D eigenvalue weighted by atomic mass is 19.4. The molecule has 0 atom stereocenters. The van der Waals surface area contributed by atoms with Crippen LogP contribution in [0.15, 0.2) is 30.6 Å². The average Bonchev–Trinajstić information content (AvgIpc) is 2.73. The zero-order valence-corrected chi connectivity index (χ0v) is 9.65. The van der Waals surface area contributed by atoms with E-state index in [1.165, 1.54) is 29.2 Å². The number of nitriles is 1. The molecule has 0 spiro atoms. The first-order valence-corrected chi connectivity index (χ1v) is 5.28. The minimum absolute atomic E-state index is 0.159. The molecule has 2 N–H and O–H groups in total. The van der Waals surface area contributed by atoms with Crippen molar-refractivity contribution in [1.82, 2.24) is 9.78 Å². The number of hydrogen-bond acceptors (Lipinski definition) is 3. The maximum absolute atomic E-state index is 12.8. The Bertz CT molecular complexity index is 637. The maximum atomic E-state index is 12.8. The van der Waals surface area contributed by atoms with E-state index in [1.54, 1.807) is 0 Å². The van der Waals surface area contributed by atoms with E-state index in [-0.39, 0.29) is 6.54 Å². The van der Waals surface area contributed by atoms with E-state index in [0.29, 0.717) is 11.3 Å². The number of nitrogen functional groups attached to an aromatic ring is 1. The summed E-state index contributed by atoms with van der Waals surface area (Å²) in [5, 5.41) is 12.6. The molecule has 0 saturated heterocycles. The Morgan fingerprint density at radius 3 is 2.63 bits per heavy atom. The minimum Gasteiger partial charge on any atom is -0.396 e. The summed E-state index contributed by atoms with van der Waals surface area (Å²) >= 11 is 0. The molecule has 98 valence electrons. The van der Waals surface area contributed by atoms with E-state index in [1.807, 2.05) is 0 Å². The molecule has 1 heterocycles. The highest BCUT2D eigenvalue weighted by molar-refractivity contribution is 5.42. The second-order valence-corrected chi connectivity index (χ2v) is 3.96. The fraction of sp³-hybridized carbons (Fsp3) is 0.167. The first-order chi connectivity index (χ1) is 8.90. The van der Waals surface area contributed by atoms with Gasteiger partial charge >= 0.3 is 6.18 Å². The van der Waals surface area contributed by atoms with Gasteiger partial charge in [-0.25, -0.2) is 0 Å². The van der Waals surface area contributed by atoms with Crippen LogP contribution >= 0.6 is 0 Å². The van der Waals surface area contributed by atoms with Gasteiger partial charge in [-0.1, -0.05) is 6.07 Å². The van der Waals surface area contributed by atoms with E-state index in [9.17, 15) is 13.2 Å². The first kappa shape index (κ1) is 13.0. The molecule has 1 aromatic carbocycles. The maximum Gasteiger partial charge on any atom is 0.417 e. The summed E-state index contributed by atoms with van der Waals surface area (Å²) in [5.41, 5.74) is 4.97. The van der Waals surface area contributed by atoms with Gasteiger partial charge in [0.25, 0.3) is 0 Å². The van der Waals surface area contributed by atoms with Crippen molar-refractivity contribution in [2.45, 2.75) is 12.7 Å². The van der Waals surface area contributed by atoms with E-state index in [2.05, 4.69) is 5.10 Å². The molecule has 0 bridgehead atoms. The third kappa shape index (κ3) is 2.85. The van der Waals surface area contributed by atoms with Crippen molar-refractivity contribution in [2.24, 2.45) is 0 Å². The zero-order chi connectivity index (χ0) is 14.0. The van der Waals surface area contributed by atoms with Crippen molar-refractivity contribution < 1.29 is 13.2 Å². The molecular weight excluding hydrogens is 257 g/mol. The van der Waals surface area contributed by atoms with Gasteiger partial charge in [-0.05, 0) is 17.7 Å². The smallest absolute Gasteiger partial charge is 0.396 e. The Morgan fingerprint density at radius 2 is 2.11 bits per heavy atom. The molecule has 7 heteroatoms. The summed E-state index contributed by atoms with van der Waals surface area (Å²) < 4.78 is 39.7. The van der Waals surface area contributed by atoms with Crippen molar-refractivity contribution in [3.8, 4) is 6.07 Å². The summed E-state index contributed by atoms with van der Waals surface area (Å²) in [7, 11) is 0. The van der Waals surface area contributed by atoms with Crippen LogP contribution in [0.2, 0.25) is 0 Å². The summed E-state index contributed by atoms with van der Waals surface area (Å²) in [4.78, 5) is 0. The molecule has 1 aromatic heterocycles. The number of halogens is 3. The fourth-order valence-corrected chi connectivity index (χ4v) is 1.67. The average molecular weight is 266 g/mol. The molecule has 0 amide bonds. The third-order valence-corrected chi connectivity index (χ3v) is 2.51. The normalized spacial score (nSPS) is 11.3. The van der Waals surface area contributed by atoms with Gasteiger partial charge in [-0.15, -0.1) is 0 Å². The second kappa shape index (κ2) is 4.65. The van der Waals surface area contributed by atoms with E-state index in [0.717, 1.165) is 12.1 Å². The van der Waals surface area contributed by atoms with Crippen LogP contribution in [0.5, 0.6) is 0 Å². The predicted octanol–water partition coefficient (Wildman–Crippen LogP) is 2.40. The first-order valence-electron chi connectivity index (χ1n) is 5.28. The Labute approximate surface area is 106 Å². The van der Waals surface area contributed by atoms with Crippen LogP contribution in [-0.4, -0.2) is 9.78 Å². The third-order valence-electron chi connectivity index (χ3n) is 2.51. The van der Waals surface area contributed by atoms with Crippen LogP contribution in [0.4, 0.5) is 18.9 Å². The van der Waals surface area contributed by atoms with Crippen molar-refractivity contribution >= 4 is 5.69 Å². The van der Waals surface area contributed by atoms with Crippen LogP contribution in [-0.2, 0) is 12.7 Å². The van der Waals surface area contributed by atoms with Crippen molar-refractivity contribution in [3.05, 3.63) is 47.3 Å². The fourth-order valence-electron chi connectivity index (χ4n) is 1.67. The Hall–Kier alpha value is -2.49. The summed E-state index contributed by atoms with van der Waals surface area (Å²) in [6.45, 7) is 0.159.